The maximum atomic E-state index is 12.5. The first-order valence-corrected chi connectivity index (χ1v) is 8.16. The van der Waals surface area contributed by atoms with Gasteiger partial charge >= 0.3 is 0 Å². The van der Waals surface area contributed by atoms with Gasteiger partial charge in [-0.15, -0.1) is 0 Å². The lowest BCUT2D eigenvalue weighted by atomic mass is 9.71. The van der Waals surface area contributed by atoms with E-state index in [0.717, 1.165) is 25.7 Å². The fourth-order valence-corrected chi connectivity index (χ4v) is 3.82. The van der Waals surface area contributed by atoms with Crippen LogP contribution in [-0.2, 0) is 11.3 Å². The van der Waals surface area contributed by atoms with E-state index in [1.54, 1.807) is 25.3 Å². The molecule has 0 spiro atoms. The lowest BCUT2D eigenvalue weighted by Crippen LogP contribution is -2.55. The van der Waals surface area contributed by atoms with Crippen molar-refractivity contribution in [3.8, 4) is 0 Å². The molecule has 120 valence electrons. The van der Waals surface area contributed by atoms with Crippen LogP contribution >= 0.6 is 0 Å². The summed E-state index contributed by atoms with van der Waals surface area (Å²) in [5.41, 5.74) is -0.0347. The van der Waals surface area contributed by atoms with Crippen LogP contribution in [0.1, 0.15) is 37.7 Å². The van der Waals surface area contributed by atoms with Crippen LogP contribution in [0.3, 0.4) is 0 Å². The van der Waals surface area contributed by atoms with Crippen LogP contribution < -0.4 is 5.56 Å². The van der Waals surface area contributed by atoms with E-state index in [1.807, 2.05) is 4.90 Å². The zero-order chi connectivity index (χ0) is 15.7. The van der Waals surface area contributed by atoms with Crippen molar-refractivity contribution in [1.29, 1.82) is 0 Å². The van der Waals surface area contributed by atoms with Crippen molar-refractivity contribution in [2.45, 2.75) is 51.2 Å². The SMILES string of the molecule is Cc1cccn(CC(=O)N2CCC3(O)CCCCC3C2)c1=O. The quantitative estimate of drug-likeness (QED) is 0.896. The van der Waals surface area contributed by atoms with E-state index in [4.69, 9.17) is 0 Å². The second-order valence-electron chi connectivity index (χ2n) is 6.76. The number of nitrogens with zero attached hydrogens (tertiary/aromatic N) is 2. The van der Waals surface area contributed by atoms with E-state index in [0.29, 0.717) is 25.1 Å². The Kier molecular flexibility index (Phi) is 4.08. The molecule has 2 heterocycles. The number of hydrogen-bond acceptors (Lipinski definition) is 3. The van der Waals surface area contributed by atoms with E-state index >= 15 is 0 Å². The molecule has 1 aromatic rings. The summed E-state index contributed by atoms with van der Waals surface area (Å²) in [4.78, 5) is 26.3. The van der Waals surface area contributed by atoms with Gasteiger partial charge in [-0.3, -0.25) is 9.59 Å². The van der Waals surface area contributed by atoms with E-state index in [2.05, 4.69) is 0 Å². The Morgan fingerprint density at radius 2 is 2.23 bits per heavy atom. The first-order valence-electron chi connectivity index (χ1n) is 8.16. The zero-order valence-electron chi connectivity index (χ0n) is 13.1. The number of aromatic nitrogens is 1. The molecule has 5 nitrogen and oxygen atoms in total. The molecule has 2 aliphatic rings. The predicted molar refractivity (Wildman–Crippen MR) is 83.5 cm³/mol. The van der Waals surface area contributed by atoms with Crippen molar-refractivity contribution >= 4 is 5.91 Å². The maximum Gasteiger partial charge on any atom is 0.253 e. The number of aliphatic hydroxyl groups is 1. The fraction of sp³-hybridized carbons (Fsp3) is 0.647. The summed E-state index contributed by atoms with van der Waals surface area (Å²) in [6.45, 7) is 3.06. The molecule has 1 amide bonds. The summed E-state index contributed by atoms with van der Waals surface area (Å²) in [7, 11) is 0. The van der Waals surface area contributed by atoms with Gasteiger partial charge in [0, 0.05) is 30.8 Å². The van der Waals surface area contributed by atoms with E-state index < -0.39 is 5.60 Å². The molecule has 1 N–H and O–H groups in total. The molecular formula is C17H24N2O3. The predicted octanol–water partition coefficient (Wildman–Crippen LogP) is 1.31. The first-order chi connectivity index (χ1) is 10.5. The van der Waals surface area contributed by atoms with Crippen molar-refractivity contribution < 1.29 is 9.90 Å². The van der Waals surface area contributed by atoms with Crippen molar-refractivity contribution in [2.75, 3.05) is 13.1 Å². The van der Waals surface area contributed by atoms with Crippen LogP contribution in [0.5, 0.6) is 0 Å². The summed E-state index contributed by atoms with van der Waals surface area (Å²) in [5.74, 6) is 0.161. The topological polar surface area (TPSA) is 62.5 Å². The van der Waals surface area contributed by atoms with Crippen LogP contribution in [-0.4, -0.2) is 39.2 Å². The maximum absolute atomic E-state index is 12.5. The number of fused-ring (bicyclic) bond motifs is 1. The molecule has 3 rings (SSSR count). The Balaban J connectivity index is 1.69. The normalized spacial score (nSPS) is 28.3. The lowest BCUT2D eigenvalue weighted by Gasteiger charge is -2.47. The van der Waals surface area contributed by atoms with Crippen LogP contribution in [0, 0.1) is 12.8 Å². The van der Waals surface area contributed by atoms with Crippen LogP contribution in [0.2, 0.25) is 0 Å². The number of carbonyl (C=O) groups excluding carboxylic acids is 1. The third-order valence-corrected chi connectivity index (χ3v) is 5.30. The highest BCUT2D eigenvalue weighted by molar-refractivity contribution is 5.76. The minimum Gasteiger partial charge on any atom is -0.389 e. The van der Waals surface area contributed by atoms with Gasteiger partial charge < -0.3 is 14.6 Å². The third-order valence-electron chi connectivity index (χ3n) is 5.30. The highest BCUT2D eigenvalue weighted by Gasteiger charge is 2.43. The number of rotatable bonds is 2. The summed E-state index contributed by atoms with van der Waals surface area (Å²) in [6.07, 6.45) is 6.38. The smallest absolute Gasteiger partial charge is 0.253 e. The van der Waals surface area contributed by atoms with Gasteiger partial charge in [0.05, 0.1) is 5.60 Å². The van der Waals surface area contributed by atoms with Crippen LogP contribution in [0.15, 0.2) is 23.1 Å². The molecule has 2 unspecified atom stereocenters. The van der Waals surface area contributed by atoms with Crippen molar-refractivity contribution in [1.82, 2.24) is 9.47 Å². The van der Waals surface area contributed by atoms with Gasteiger partial charge in [-0.1, -0.05) is 18.9 Å². The van der Waals surface area contributed by atoms with Gasteiger partial charge in [0.15, 0.2) is 0 Å². The minimum atomic E-state index is -0.574. The average Bonchev–Trinajstić information content (AvgIpc) is 2.51. The number of carbonyl (C=O) groups is 1. The molecule has 2 fully saturated rings. The molecule has 0 radical (unpaired) electrons. The van der Waals surface area contributed by atoms with Crippen molar-refractivity contribution in [3.63, 3.8) is 0 Å². The molecule has 2 atom stereocenters. The third kappa shape index (κ3) is 2.82. The number of hydrogen-bond donors (Lipinski definition) is 1. The highest BCUT2D eigenvalue weighted by Crippen LogP contribution is 2.39. The number of aryl methyl sites for hydroxylation is 1. The molecule has 22 heavy (non-hydrogen) atoms. The van der Waals surface area contributed by atoms with Crippen molar-refractivity contribution in [3.05, 3.63) is 34.2 Å². The molecule has 1 saturated heterocycles. The Labute approximate surface area is 130 Å². The first kappa shape index (κ1) is 15.3. The summed E-state index contributed by atoms with van der Waals surface area (Å²) >= 11 is 0. The Bertz CT molecular complexity index is 625. The standard InChI is InChI=1S/C17H24N2O3/c1-13-5-4-9-19(16(13)21)12-15(20)18-10-8-17(22)7-3-2-6-14(17)11-18/h4-5,9,14,22H,2-3,6-8,10-12H2,1H3. The van der Waals surface area contributed by atoms with Crippen molar-refractivity contribution in [2.24, 2.45) is 5.92 Å². The fourth-order valence-electron chi connectivity index (χ4n) is 3.82. The average molecular weight is 304 g/mol. The van der Waals surface area contributed by atoms with Gasteiger partial charge in [-0.05, 0) is 32.3 Å². The molecular weight excluding hydrogens is 280 g/mol. The summed E-state index contributed by atoms with van der Waals surface area (Å²) in [6, 6.07) is 3.55. The second kappa shape index (κ2) is 5.88. The number of piperidine rings is 1. The van der Waals surface area contributed by atoms with Gasteiger partial charge in [0.25, 0.3) is 5.56 Å². The monoisotopic (exact) mass is 304 g/mol. The molecule has 1 aliphatic heterocycles. The Hall–Kier alpha value is -1.62. The van der Waals surface area contributed by atoms with Gasteiger partial charge in [-0.25, -0.2) is 0 Å². The zero-order valence-corrected chi connectivity index (χ0v) is 13.1. The molecule has 5 heteroatoms. The number of likely N-dealkylation sites (tertiary alicyclic amines) is 1. The van der Waals surface area contributed by atoms with Gasteiger partial charge in [0.2, 0.25) is 5.91 Å². The minimum absolute atomic E-state index is 0.0275. The lowest BCUT2D eigenvalue weighted by molar-refractivity contribution is -0.144. The molecule has 1 saturated carbocycles. The van der Waals surface area contributed by atoms with Gasteiger partial charge in [0.1, 0.15) is 6.54 Å². The van der Waals surface area contributed by atoms with E-state index in [-0.39, 0.29) is 23.9 Å². The number of amides is 1. The van der Waals surface area contributed by atoms with Crippen LogP contribution in [0.25, 0.3) is 0 Å². The molecule has 1 aliphatic carbocycles. The number of pyridine rings is 1. The largest absolute Gasteiger partial charge is 0.389 e. The van der Waals surface area contributed by atoms with E-state index in [9.17, 15) is 14.7 Å². The Morgan fingerprint density at radius 3 is 3.05 bits per heavy atom. The summed E-state index contributed by atoms with van der Waals surface area (Å²) < 4.78 is 1.47. The van der Waals surface area contributed by atoms with Gasteiger partial charge in [-0.2, -0.15) is 0 Å². The van der Waals surface area contributed by atoms with Crippen LogP contribution in [0.4, 0.5) is 0 Å². The molecule has 1 aromatic heterocycles. The molecule has 0 bridgehead atoms. The summed E-state index contributed by atoms with van der Waals surface area (Å²) in [5, 5.41) is 10.7. The highest BCUT2D eigenvalue weighted by atomic mass is 16.3. The molecule has 0 aromatic carbocycles. The second-order valence-corrected chi connectivity index (χ2v) is 6.76. The Morgan fingerprint density at radius 1 is 1.41 bits per heavy atom. The van der Waals surface area contributed by atoms with E-state index in [1.165, 1.54) is 4.57 Å².